The van der Waals surface area contributed by atoms with Crippen LogP contribution in [0.4, 0.5) is 10.1 Å². The Kier molecular flexibility index (Phi) is 5.48. The molecule has 26 heavy (non-hydrogen) atoms. The Morgan fingerprint density at radius 3 is 2.58 bits per heavy atom. The fourth-order valence-corrected chi connectivity index (χ4v) is 2.62. The molecule has 1 atom stereocenters. The SMILES string of the molecule is O=C(O)c1ccc(F)c(NC(=O)c2ccc(OC[C@H]3CCCO3)cc2)c1. The van der Waals surface area contributed by atoms with Gasteiger partial charge in [0.25, 0.3) is 5.91 Å². The van der Waals surface area contributed by atoms with Crippen molar-refractivity contribution in [2.45, 2.75) is 18.9 Å². The van der Waals surface area contributed by atoms with E-state index in [9.17, 15) is 14.0 Å². The number of benzene rings is 2. The molecule has 6 nitrogen and oxygen atoms in total. The van der Waals surface area contributed by atoms with Crippen molar-refractivity contribution in [3.05, 3.63) is 59.4 Å². The van der Waals surface area contributed by atoms with Gasteiger partial charge in [-0.25, -0.2) is 9.18 Å². The van der Waals surface area contributed by atoms with Gasteiger partial charge in [-0.3, -0.25) is 4.79 Å². The Bertz CT molecular complexity index is 800. The first-order chi connectivity index (χ1) is 12.5. The number of carboxylic acid groups (broad SMARTS) is 1. The Labute approximate surface area is 149 Å². The van der Waals surface area contributed by atoms with Gasteiger partial charge in [-0.15, -0.1) is 0 Å². The zero-order valence-electron chi connectivity index (χ0n) is 13.9. The summed E-state index contributed by atoms with van der Waals surface area (Å²) in [5, 5.41) is 11.3. The van der Waals surface area contributed by atoms with Crippen molar-refractivity contribution in [1.82, 2.24) is 0 Å². The standard InChI is InChI=1S/C19H18FNO5/c20-16-8-5-13(19(23)24)10-17(16)21-18(22)12-3-6-14(7-4-12)26-11-15-2-1-9-25-15/h3-8,10,15H,1-2,9,11H2,(H,21,22)(H,23,24)/t15-/m1/s1. The van der Waals surface area contributed by atoms with Crippen LogP contribution in [0, 0.1) is 5.82 Å². The lowest BCUT2D eigenvalue weighted by Crippen LogP contribution is -2.16. The number of amides is 1. The summed E-state index contributed by atoms with van der Waals surface area (Å²) >= 11 is 0. The average Bonchev–Trinajstić information content (AvgIpc) is 3.15. The molecule has 2 aromatic carbocycles. The Balaban J connectivity index is 1.62. The zero-order valence-corrected chi connectivity index (χ0v) is 13.9. The van der Waals surface area contributed by atoms with Gasteiger partial charge in [0.2, 0.25) is 0 Å². The second-order valence-corrected chi connectivity index (χ2v) is 5.92. The zero-order chi connectivity index (χ0) is 18.5. The number of carbonyl (C=O) groups is 2. The maximum absolute atomic E-state index is 13.8. The summed E-state index contributed by atoms with van der Waals surface area (Å²) < 4.78 is 24.9. The third kappa shape index (κ3) is 4.37. The number of carboxylic acids is 1. The molecule has 1 fully saturated rings. The van der Waals surface area contributed by atoms with E-state index >= 15 is 0 Å². The molecular formula is C19H18FNO5. The Morgan fingerprint density at radius 1 is 1.19 bits per heavy atom. The fourth-order valence-electron chi connectivity index (χ4n) is 2.62. The second-order valence-electron chi connectivity index (χ2n) is 5.92. The molecule has 0 aliphatic carbocycles. The quantitative estimate of drug-likeness (QED) is 0.826. The topological polar surface area (TPSA) is 84.9 Å². The molecule has 136 valence electrons. The number of aromatic carboxylic acids is 1. The molecule has 0 aromatic heterocycles. The van der Waals surface area contributed by atoms with Crippen LogP contribution in [0.5, 0.6) is 5.75 Å². The number of ether oxygens (including phenoxy) is 2. The maximum atomic E-state index is 13.8. The summed E-state index contributed by atoms with van der Waals surface area (Å²) in [5.74, 6) is -1.85. The summed E-state index contributed by atoms with van der Waals surface area (Å²) in [5.41, 5.74) is 0.00258. The predicted octanol–water partition coefficient (Wildman–Crippen LogP) is 3.33. The van der Waals surface area contributed by atoms with E-state index in [1.807, 2.05) is 0 Å². The largest absolute Gasteiger partial charge is 0.491 e. The minimum atomic E-state index is -1.20. The van der Waals surface area contributed by atoms with Crippen LogP contribution < -0.4 is 10.1 Å². The van der Waals surface area contributed by atoms with Crippen LogP contribution in [0.1, 0.15) is 33.6 Å². The third-order valence-electron chi connectivity index (χ3n) is 4.04. The highest BCUT2D eigenvalue weighted by Crippen LogP contribution is 2.19. The minimum absolute atomic E-state index is 0.0995. The highest BCUT2D eigenvalue weighted by Gasteiger charge is 2.16. The molecule has 0 spiro atoms. The summed E-state index contributed by atoms with van der Waals surface area (Å²) in [6.07, 6.45) is 2.11. The summed E-state index contributed by atoms with van der Waals surface area (Å²) in [6, 6.07) is 9.61. The van der Waals surface area contributed by atoms with Crippen LogP contribution in [-0.2, 0) is 4.74 Å². The lowest BCUT2D eigenvalue weighted by molar-refractivity contribution is 0.0679. The molecule has 1 aliphatic rings. The van der Waals surface area contributed by atoms with Crippen molar-refractivity contribution in [3.8, 4) is 5.75 Å². The van der Waals surface area contributed by atoms with Crippen LogP contribution in [0.2, 0.25) is 0 Å². The van der Waals surface area contributed by atoms with Gasteiger partial charge in [0, 0.05) is 12.2 Å². The first-order valence-corrected chi connectivity index (χ1v) is 8.21. The molecule has 1 amide bonds. The summed E-state index contributed by atoms with van der Waals surface area (Å²) in [4.78, 5) is 23.2. The molecule has 2 N–H and O–H groups in total. The third-order valence-corrected chi connectivity index (χ3v) is 4.04. The average molecular weight is 359 g/mol. The Hall–Kier alpha value is -2.93. The number of anilines is 1. The van der Waals surface area contributed by atoms with Crippen LogP contribution in [0.15, 0.2) is 42.5 Å². The van der Waals surface area contributed by atoms with Crippen LogP contribution in [0.25, 0.3) is 0 Å². The number of nitrogens with one attached hydrogen (secondary N) is 1. The Morgan fingerprint density at radius 2 is 1.92 bits per heavy atom. The van der Waals surface area contributed by atoms with Crippen molar-refractivity contribution in [2.24, 2.45) is 0 Å². The van der Waals surface area contributed by atoms with Gasteiger partial charge in [0.1, 0.15) is 18.2 Å². The molecule has 1 aliphatic heterocycles. The van der Waals surface area contributed by atoms with Gasteiger partial charge in [0.05, 0.1) is 17.4 Å². The van der Waals surface area contributed by atoms with Crippen molar-refractivity contribution >= 4 is 17.6 Å². The lowest BCUT2D eigenvalue weighted by Gasteiger charge is -2.12. The minimum Gasteiger partial charge on any atom is -0.491 e. The first kappa shape index (κ1) is 17.9. The van der Waals surface area contributed by atoms with Gasteiger partial charge in [-0.2, -0.15) is 0 Å². The second kappa shape index (κ2) is 7.97. The molecule has 0 unspecified atom stereocenters. The summed E-state index contributed by atoms with van der Waals surface area (Å²) in [7, 11) is 0. The molecule has 0 saturated carbocycles. The molecule has 1 saturated heterocycles. The molecule has 7 heteroatoms. The number of hydrogen-bond donors (Lipinski definition) is 2. The maximum Gasteiger partial charge on any atom is 0.335 e. The van der Waals surface area contributed by atoms with Crippen molar-refractivity contribution < 1.29 is 28.6 Å². The highest BCUT2D eigenvalue weighted by molar-refractivity contribution is 6.05. The van der Waals surface area contributed by atoms with Gasteiger partial charge >= 0.3 is 5.97 Å². The molecule has 0 bridgehead atoms. The smallest absolute Gasteiger partial charge is 0.335 e. The molecule has 3 rings (SSSR count). The molecule has 0 radical (unpaired) electrons. The number of hydrogen-bond acceptors (Lipinski definition) is 4. The van der Waals surface area contributed by atoms with E-state index in [4.69, 9.17) is 14.6 Å². The van der Waals surface area contributed by atoms with Gasteiger partial charge in [-0.05, 0) is 55.3 Å². The van der Waals surface area contributed by atoms with Crippen LogP contribution in [-0.4, -0.2) is 36.3 Å². The van der Waals surface area contributed by atoms with E-state index in [1.165, 1.54) is 0 Å². The van der Waals surface area contributed by atoms with Gasteiger partial charge < -0.3 is 19.9 Å². The highest BCUT2D eigenvalue weighted by atomic mass is 19.1. The van der Waals surface area contributed by atoms with Gasteiger partial charge in [-0.1, -0.05) is 0 Å². The van der Waals surface area contributed by atoms with E-state index in [2.05, 4.69) is 5.32 Å². The van der Waals surface area contributed by atoms with E-state index in [0.29, 0.717) is 17.9 Å². The van der Waals surface area contributed by atoms with E-state index in [0.717, 1.165) is 37.6 Å². The van der Waals surface area contributed by atoms with Crippen molar-refractivity contribution in [2.75, 3.05) is 18.5 Å². The van der Waals surface area contributed by atoms with Crippen LogP contribution in [0.3, 0.4) is 0 Å². The van der Waals surface area contributed by atoms with Crippen LogP contribution >= 0.6 is 0 Å². The van der Waals surface area contributed by atoms with E-state index in [1.54, 1.807) is 24.3 Å². The fraction of sp³-hybridized carbons (Fsp3) is 0.263. The van der Waals surface area contributed by atoms with Gasteiger partial charge in [0.15, 0.2) is 0 Å². The predicted molar refractivity (Wildman–Crippen MR) is 92.2 cm³/mol. The first-order valence-electron chi connectivity index (χ1n) is 8.21. The van der Waals surface area contributed by atoms with E-state index in [-0.39, 0.29) is 17.4 Å². The van der Waals surface area contributed by atoms with Crippen molar-refractivity contribution in [1.29, 1.82) is 0 Å². The molecule has 2 aromatic rings. The van der Waals surface area contributed by atoms with Crippen molar-refractivity contribution in [3.63, 3.8) is 0 Å². The number of rotatable bonds is 6. The monoisotopic (exact) mass is 359 g/mol. The summed E-state index contributed by atoms with van der Waals surface area (Å²) in [6.45, 7) is 1.21. The molecule has 1 heterocycles. The normalized spacial score (nSPS) is 16.3. The number of halogens is 1. The number of carbonyl (C=O) groups excluding carboxylic acids is 1. The lowest BCUT2D eigenvalue weighted by atomic mass is 10.1. The van der Waals surface area contributed by atoms with E-state index < -0.39 is 17.7 Å². The molecular weight excluding hydrogens is 341 g/mol.